The van der Waals surface area contributed by atoms with Crippen molar-refractivity contribution in [1.29, 1.82) is 0 Å². The first-order chi connectivity index (χ1) is 13.8. The van der Waals surface area contributed by atoms with Gasteiger partial charge in [0.15, 0.2) is 6.61 Å². The lowest BCUT2D eigenvalue weighted by atomic mass is 10.1. The number of alkyl halides is 3. The molecule has 1 aliphatic heterocycles. The number of carbonyl (C=O) groups is 2. The highest BCUT2D eigenvalue weighted by molar-refractivity contribution is 5.94. The van der Waals surface area contributed by atoms with E-state index in [1.165, 1.54) is 40.1 Å². The molecule has 0 unspecified atom stereocenters. The van der Waals surface area contributed by atoms with Crippen LogP contribution < -0.4 is 4.74 Å². The zero-order valence-electron chi connectivity index (χ0n) is 15.3. The van der Waals surface area contributed by atoms with Gasteiger partial charge in [0.25, 0.3) is 11.8 Å². The first-order valence-electron chi connectivity index (χ1n) is 8.88. The minimum Gasteiger partial charge on any atom is -0.483 e. The van der Waals surface area contributed by atoms with Crippen LogP contribution in [0.15, 0.2) is 48.5 Å². The SMILES string of the molecule is O=C(COc1ccccc1C(F)(F)F)N1CCN(C(=O)c2ccccc2F)CC1. The maximum absolute atomic E-state index is 13.8. The van der Waals surface area contributed by atoms with E-state index in [1.54, 1.807) is 6.07 Å². The van der Waals surface area contributed by atoms with Crippen LogP contribution in [0, 0.1) is 5.82 Å². The first kappa shape index (κ1) is 20.6. The van der Waals surface area contributed by atoms with Crippen LogP contribution in [0.5, 0.6) is 5.75 Å². The molecule has 0 spiro atoms. The van der Waals surface area contributed by atoms with Gasteiger partial charge in [-0.1, -0.05) is 24.3 Å². The van der Waals surface area contributed by atoms with Gasteiger partial charge in [0, 0.05) is 26.2 Å². The lowest BCUT2D eigenvalue weighted by Gasteiger charge is -2.34. The van der Waals surface area contributed by atoms with E-state index in [4.69, 9.17) is 4.74 Å². The van der Waals surface area contributed by atoms with Crippen LogP contribution in [-0.2, 0) is 11.0 Å². The number of carbonyl (C=O) groups excluding carboxylic acids is 2. The molecular formula is C20H18F4N2O3. The molecule has 0 radical (unpaired) electrons. The van der Waals surface area contributed by atoms with Crippen molar-refractivity contribution in [3.8, 4) is 5.75 Å². The standard InChI is InChI=1S/C20H18F4N2O3/c21-16-7-3-1-5-14(16)19(28)26-11-9-25(10-12-26)18(27)13-29-17-8-4-2-6-15(17)20(22,23)24/h1-8H,9-13H2. The lowest BCUT2D eigenvalue weighted by molar-refractivity contribution is -0.141. The molecule has 2 aromatic rings. The smallest absolute Gasteiger partial charge is 0.419 e. The van der Waals surface area contributed by atoms with Gasteiger partial charge < -0.3 is 14.5 Å². The number of ether oxygens (including phenoxy) is 1. The second-order valence-corrected chi connectivity index (χ2v) is 6.44. The molecule has 1 heterocycles. The van der Waals surface area contributed by atoms with Crippen molar-refractivity contribution in [3.05, 3.63) is 65.5 Å². The average molecular weight is 410 g/mol. The van der Waals surface area contributed by atoms with E-state index < -0.39 is 41.7 Å². The Kier molecular flexibility index (Phi) is 6.05. The fourth-order valence-electron chi connectivity index (χ4n) is 3.02. The molecule has 0 atom stereocenters. The van der Waals surface area contributed by atoms with E-state index >= 15 is 0 Å². The summed E-state index contributed by atoms with van der Waals surface area (Å²) in [4.78, 5) is 27.5. The predicted octanol–water partition coefficient (Wildman–Crippen LogP) is 3.21. The van der Waals surface area contributed by atoms with Crippen molar-refractivity contribution in [3.63, 3.8) is 0 Å². The summed E-state index contributed by atoms with van der Waals surface area (Å²) in [5, 5.41) is 0. The van der Waals surface area contributed by atoms with Gasteiger partial charge in [0.1, 0.15) is 11.6 Å². The summed E-state index contributed by atoms with van der Waals surface area (Å²) in [6.07, 6.45) is -4.58. The number of piperazine rings is 1. The van der Waals surface area contributed by atoms with Crippen molar-refractivity contribution < 1.29 is 31.9 Å². The summed E-state index contributed by atoms with van der Waals surface area (Å²) in [6, 6.07) is 10.3. The quantitative estimate of drug-likeness (QED) is 0.728. The molecule has 0 N–H and O–H groups in total. The highest BCUT2D eigenvalue weighted by atomic mass is 19.4. The van der Waals surface area contributed by atoms with Crippen molar-refractivity contribution in [2.45, 2.75) is 6.18 Å². The second-order valence-electron chi connectivity index (χ2n) is 6.44. The predicted molar refractivity (Wildman–Crippen MR) is 95.8 cm³/mol. The topological polar surface area (TPSA) is 49.9 Å². The molecule has 0 saturated carbocycles. The van der Waals surface area contributed by atoms with Gasteiger partial charge in [-0.3, -0.25) is 9.59 Å². The number of rotatable bonds is 4. The Morgan fingerprint density at radius 2 is 1.48 bits per heavy atom. The third-order valence-electron chi connectivity index (χ3n) is 4.57. The lowest BCUT2D eigenvalue weighted by Crippen LogP contribution is -2.51. The molecule has 154 valence electrons. The summed E-state index contributed by atoms with van der Waals surface area (Å²) in [5.41, 5.74) is -0.993. The van der Waals surface area contributed by atoms with Gasteiger partial charge in [-0.2, -0.15) is 13.2 Å². The third-order valence-corrected chi connectivity index (χ3v) is 4.57. The molecule has 2 amide bonds. The zero-order chi connectivity index (χ0) is 21.0. The highest BCUT2D eigenvalue weighted by Crippen LogP contribution is 2.35. The molecule has 9 heteroatoms. The van der Waals surface area contributed by atoms with E-state index in [-0.39, 0.29) is 31.7 Å². The third kappa shape index (κ3) is 4.85. The molecule has 1 saturated heterocycles. The Labute approximate surface area is 164 Å². The Hall–Kier alpha value is -3.10. The number of para-hydroxylation sites is 1. The number of amides is 2. The van der Waals surface area contributed by atoms with E-state index in [2.05, 4.69) is 0 Å². The molecule has 0 bridgehead atoms. The molecule has 5 nitrogen and oxygen atoms in total. The summed E-state index contributed by atoms with van der Waals surface area (Å²) in [6.45, 7) is 0.205. The Morgan fingerprint density at radius 3 is 2.14 bits per heavy atom. The molecule has 2 aromatic carbocycles. The van der Waals surface area contributed by atoms with Crippen LogP contribution in [-0.4, -0.2) is 54.4 Å². The van der Waals surface area contributed by atoms with Gasteiger partial charge in [0.2, 0.25) is 0 Å². The zero-order valence-corrected chi connectivity index (χ0v) is 15.3. The van der Waals surface area contributed by atoms with E-state index in [0.717, 1.165) is 12.1 Å². The van der Waals surface area contributed by atoms with Crippen LogP contribution in [0.2, 0.25) is 0 Å². The molecule has 29 heavy (non-hydrogen) atoms. The fraction of sp³-hybridized carbons (Fsp3) is 0.300. The summed E-state index contributed by atoms with van der Waals surface area (Å²) in [5.74, 6) is -1.99. The minimum absolute atomic E-state index is 0.0423. The fourth-order valence-corrected chi connectivity index (χ4v) is 3.02. The molecule has 0 aliphatic carbocycles. The van der Waals surface area contributed by atoms with Crippen LogP contribution in [0.25, 0.3) is 0 Å². The average Bonchev–Trinajstić information content (AvgIpc) is 2.71. The van der Waals surface area contributed by atoms with Crippen molar-refractivity contribution in [1.82, 2.24) is 9.80 Å². The van der Waals surface area contributed by atoms with Crippen LogP contribution in [0.3, 0.4) is 0 Å². The summed E-state index contributed by atoms with van der Waals surface area (Å²) >= 11 is 0. The number of hydrogen-bond acceptors (Lipinski definition) is 3. The largest absolute Gasteiger partial charge is 0.483 e. The molecular weight excluding hydrogens is 392 g/mol. The number of nitrogens with zero attached hydrogens (tertiary/aromatic N) is 2. The van der Waals surface area contributed by atoms with E-state index in [1.807, 2.05) is 0 Å². The van der Waals surface area contributed by atoms with E-state index in [9.17, 15) is 27.2 Å². The van der Waals surface area contributed by atoms with Crippen LogP contribution in [0.1, 0.15) is 15.9 Å². The normalized spacial score (nSPS) is 14.6. The summed E-state index contributed by atoms with van der Waals surface area (Å²) in [7, 11) is 0. The number of benzene rings is 2. The molecule has 0 aromatic heterocycles. The van der Waals surface area contributed by atoms with Crippen molar-refractivity contribution >= 4 is 11.8 Å². The summed E-state index contributed by atoms with van der Waals surface area (Å²) < 4.78 is 57.8. The van der Waals surface area contributed by atoms with Crippen molar-refractivity contribution in [2.24, 2.45) is 0 Å². The monoisotopic (exact) mass is 410 g/mol. The number of halogens is 4. The maximum Gasteiger partial charge on any atom is 0.419 e. The van der Waals surface area contributed by atoms with Gasteiger partial charge in [-0.25, -0.2) is 4.39 Å². The van der Waals surface area contributed by atoms with Gasteiger partial charge in [0.05, 0.1) is 11.1 Å². The molecule has 3 rings (SSSR count). The van der Waals surface area contributed by atoms with Gasteiger partial charge >= 0.3 is 6.18 Å². The Balaban J connectivity index is 1.55. The minimum atomic E-state index is -4.58. The van der Waals surface area contributed by atoms with Crippen molar-refractivity contribution in [2.75, 3.05) is 32.8 Å². The maximum atomic E-state index is 13.8. The highest BCUT2D eigenvalue weighted by Gasteiger charge is 2.34. The van der Waals surface area contributed by atoms with Crippen LogP contribution in [0.4, 0.5) is 17.6 Å². The first-order valence-corrected chi connectivity index (χ1v) is 8.88. The number of hydrogen-bond donors (Lipinski definition) is 0. The van der Waals surface area contributed by atoms with E-state index in [0.29, 0.717) is 0 Å². The Morgan fingerprint density at radius 1 is 0.897 bits per heavy atom. The molecule has 1 aliphatic rings. The van der Waals surface area contributed by atoms with Crippen LogP contribution >= 0.6 is 0 Å². The second kappa shape index (κ2) is 8.50. The van der Waals surface area contributed by atoms with Gasteiger partial charge in [-0.05, 0) is 24.3 Å². The molecule has 1 fully saturated rings. The Bertz CT molecular complexity index is 893. The van der Waals surface area contributed by atoms with Gasteiger partial charge in [-0.15, -0.1) is 0 Å².